The fourth-order valence-electron chi connectivity index (χ4n) is 10.1. The molecule has 340 valence electrons. The van der Waals surface area contributed by atoms with E-state index in [0.717, 1.165) is 99.1 Å². The number of anilines is 3. The molecule has 2 aromatic heterocycles. The molecular weight excluding hydrogens is 841 g/mol. The maximum atomic E-state index is 8.49. The van der Waals surface area contributed by atoms with Gasteiger partial charge in [-0.25, -0.2) is 24.8 Å². The number of hydrogen-bond acceptors (Lipinski definition) is 5. The molecule has 0 amide bonds. The molecule has 0 fully saturated rings. The highest BCUT2D eigenvalue weighted by Gasteiger charge is 2.27. The summed E-state index contributed by atoms with van der Waals surface area (Å²) in [6, 6.07) is 47.9. The highest BCUT2D eigenvalue weighted by atomic mass is 15.1. The van der Waals surface area contributed by atoms with Crippen LogP contribution in [0.4, 0.5) is 22.7 Å². The summed E-state index contributed by atoms with van der Waals surface area (Å²) in [4.78, 5) is 28.3. The molecule has 6 heteroatoms. The van der Waals surface area contributed by atoms with Gasteiger partial charge in [-0.1, -0.05) is 132 Å². The van der Waals surface area contributed by atoms with Gasteiger partial charge in [0.05, 0.1) is 50.7 Å². The molecule has 9 aromatic carbocycles. The monoisotopic (exact) mass is 898 g/mol. The van der Waals surface area contributed by atoms with Crippen molar-refractivity contribution in [2.75, 3.05) is 4.90 Å². The maximum Gasteiger partial charge on any atom is 0.197 e. The average molecular weight is 899 g/mol. The lowest BCUT2D eigenvalue weighted by molar-refractivity contribution is 0.590. The van der Waals surface area contributed by atoms with Crippen molar-refractivity contribution in [2.24, 2.45) is 0 Å². The molecule has 0 bridgehead atoms. The van der Waals surface area contributed by atoms with E-state index in [1.165, 1.54) is 22.3 Å². The van der Waals surface area contributed by atoms with Crippen LogP contribution in [0.1, 0.15) is 105 Å². The second kappa shape index (κ2) is 15.3. The molecule has 6 nitrogen and oxygen atoms in total. The Morgan fingerprint density at radius 1 is 0.377 bits per heavy atom. The van der Waals surface area contributed by atoms with E-state index in [9.17, 15) is 0 Å². The Balaban J connectivity index is 1.13. The number of rotatable bonds is 4. The Morgan fingerprint density at radius 2 is 0.710 bits per heavy atom. The summed E-state index contributed by atoms with van der Waals surface area (Å²) in [5, 5.41) is 6.48. The van der Waals surface area contributed by atoms with E-state index in [2.05, 4.69) is 202 Å². The van der Waals surface area contributed by atoms with Gasteiger partial charge in [-0.3, -0.25) is 0 Å². The summed E-state index contributed by atoms with van der Waals surface area (Å²) in [6.07, 6.45) is 0. The molecule has 2 heterocycles. The molecular formula is C63H58N6. The molecule has 0 atom stereocenters. The molecule has 11 aromatic rings. The molecule has 0 aliphatic carbocycles. The van der Waals surface area contributed by atoms with Crippen LogP contribution in [-0.2, 0) is 21.7 Å². The number of nitrogens with zero attached hydrogens (tertiary/aromatic N) is 6. The summed E-state index contributed by atoms with van der Waals surface area (Å²) < 4.78 is 0. The largest absolute Gasteiger partial charge is 0.311 e. The van der Waals surface area contributed by atoms with E-state index < -0.39 is 0 Å². The van der Waals surface area contributed by atoms with Crippen LogP contribution in [0.25, 0.3) is 92.4 Å². The standard InChI is InChI=1S/C63H58N6/c1-60(2,3)37-20-26-42(27-21-37)69(43-28-22-38(23-29-43)61(4,5)6)41-24-18-36(19-25-41)44-34-52-53(35-51(44)64-13)68-59-48-33-40(63(10,11)12)31-46-55(48)54-45(30-39(62(7,8)9)32-47(54)58(59)67-52)56-57(46)66-50-17-15-14-16-49(50)65-56/h14-35H,1-12H3. The molecule has 0 aliphatic heterocycles. The molecule has 0 radical (unpaired) electrons. The predicted molar refractivity (Wildman–Crippen MR) is 293 cm³/mol. The molecule has 11 rings (SSSR count). The van der Waals surface area contributed by atoms with Gasteiger partial charge in [-0.15, -0.1) is 0 Å². The molecule has 0 unspecified atom stereocenters. The van der Waals surface area contributed by atoms with Crippen molar-refractivity contribution >= 4 is 99.2 Å². The summed E-state index contributed by atoms with van der Waals surface area (Å²) in [6.45, 7) is 35.5. The Kier molecular flexibility index (Phi) is 9.74. The van der Waals surface area contributed by atoms with Crippen molar-refractivity contribution < 1.29 is 0 Å². The first-order valence-electron chi connectivity index (χ1n) is 24.2. The van der Waals surface area contributed by atoms with E-state index >= 15 is 0 Å². The van der Waals surface area contributed by atoms with Crippen molar-refractivity contribution in [2.45, 2.75) is 105 Å². The zero-order chi connectivity index (χ0) is 48.5. The van der Waals surface area contributed by atoms with Crippen molar-refractivity contribution in [3.8, 4) is 11.1 Å². The zero-order valence-electron chi connectivity index (χ0n) is 41.9. The van der Waals surface area contributed by atoms with E-state index in [0.29, 0.717) is 11.2 Å². The average Bonchev–Trinajstić information content (AvgIpc) is 3.31. The second-order valence-electron chi connectivity index (χ2n) is 23.2. The fourth-order valence-corrected chi connectivity index (χ4v) is 10.1. The highest BCUT2D eigenvalue weighted by molar-refractivity contribution is 6.39. The van der Waals surface area contributed by atoms with Crippen LogP contribution < -0.4 is 4.90 Å². The van der Waals surface area contributed by atoms with Gasteiger partial charge in [0.25, 0.3) is 0 Å². The van der Waals surface area contributed by atoms with Gasteiger partial charge in [0.2, 0.25) is 0 Å². The van der Waals surface area contributed by atoms with Crippen molar-refractivity contribution in [1.82, 2.24) is 19.9 Å². The van der Waals surface area contributed by atoms with Crippen LogP contribution in [-0.4, -0.2) is 19.9 Å². The Morgan fingerprint density at radius 3 is 1.06 bits per heavy atom. The van der Waals surface area contributed by atoms with E-state index in [4.69, 9.17) is 26.5 Å². The van der Waals surface area contributed by atoms with E-state index in [1.807, 2.05) is 24.3 Å². The lowest BCUT2D eigenvalue weighted by atomic mass is 9.80. The molecule has 0 N–H and O–H groups in total. The number of hydrogen-bond donors (Lipinski definition) is 0. The summed E-state index contributed by atoms with van der Waals surface area (Å²) in [5.74, 6) is 0. The van der Waals surface area contributed by atoms with Gasteiger partial charge in [-0.2, -0.15) is 0 Å². The maximum absolute atomic E-state index is 8.49. The number of fused-ring (bicyclic) bond motifs is 8. The molecule has 0 aliphatic rings. The number of aromatic nitrogens is 4. The summed E-state index contributed by atoms with van der Waals surface area (Å²) in [5.41, 5.74) is 16.8. The van der Waals surface area contributed by atoms with Gasteiger partial charge in [-0.05, 0) is 140 Å². The molecule has 0 saturated heterocycles. The van der Waals surface area contributed by atoms with Crippen LogP contribution in [0.2, 0.25) is 0 Å². The first-order valence-corrected chi connectivity index (χ1v) is 24.2. The van der Waals surface area contributed by atoms with Crippen LogP contribution in [0.15, 0.2) is 133 Å². The van der Waals surface area contributed by atoms with Gasteiger partial charge >= 0.3 is 0 Å². The van der Waals surface area contributed by atoms with Crippen molar-refractivity contribution in [3.05, 3.63) is 167 Å². The van der Waals surface area contributed by atoms with Gasteiger partial charge in [0.15, 0.2) is 5.69 Å². The lowest BCUT2D eigenvalue weighted by Crippen LogP contribution is -2.14. The third kappa shape index (κ3) is 7.38. The van der Waals surface area contributed by atoms with Crippen LogP contribution in [0, 0.1) is 6.57 Å². The Bertz CT molecular complexity index is 3850. The van der Waals surface area contributed by atoms with Gasteiger partial charge in [0, 0.05) is 49.4 Å². The smallest absolute Gasteiger partial charge is 0.197 e. The normalized spacial score (nSPS) is 12.9. The van der Waals surface area contributed by atoms with Crippen LogP contribution in [0.5, 0.6) is 0 Å². The number of benzene rings is 9. The minimum absolute atomic E-state index is 0.0420. The van der Waals surface area contributed by atoms with Gasteiger partial charge in [0.1, 0.15) is 0 Å². The minimum atomic E-state index is -0.164. The lowest BCUT2D eigenvalue weighted by Gasteiger charge is -2.28. The fraction of sp³-hybridized carbons (Fsp3) is 0.254. The topological polar surface area (TPSA) is 59.2 Å². The first-order chi connectivity index (χ1) is 32.7. The Labute approximate surface area is 405 Å². The number of para-hydroxylation sites is 2. The van der Waals surface area contributed by atoms with Crippen LogP contribution >= 0.6 is 0 Å². The predicted octanol–water partition coefficient (Wildman–Crippen LogP) is 17.7. The molecule has 69 heavy (non-hydrogen) atoms. The minimum Gasteiger partial charge on any atom is -0.311 e. The third-order valence-electron chi connectivity index (χ3n) is 14.2. The van der Waals surface area contributed by atoms with Crippen molar-refractivity contribution in [3.63, 3.8) is 0 Å². The van der Waals surface area contributed by atoms with E-state index in [-0.39, 0.29) is 21.7 Å². The first kappa shape index (κ1) is 44.0. The Hall–Kier alpha value is -7.49. The van der Waals surface area contributed by atoms with Gasteiger partial charge < -0.3 is 4.90 Å². The van der Waals surface area contributed by atoms with Crippen molar-refractivity contribution in [1.29, 1.82) is 0 Å². The molecule has 0 spiro atoms. The third-order valence-corrected chi connectivity index (χ3v) is 14.2. The quantitative estimate of drug-likeness (QED) is 0.100. The second-order valence-corrected chi connectivity index (χ2v) is 23.2. The summed E-state index contributed by atoms with van der Waals surface area (Å²) in [7, 11) is 0. The van der Waals surface area contributed by atoms with E-state index in [1.54, 1.807) is 0 Å². The SMILES string of the molecule is [C-]#[N+]c1cc2nc3c4cc(C(C)(C)C)cc5c6nc7ccccc7nc6c6cc(C(C)(C)C)cc(c3nc2cc1-c1ccc(N(c2ccc(C(C)(C)C)cc2)c2ccc(C(C)(C)C)cc2)cc1)c6c54. The summed E-state index contributed by atoms with van der Waals surface area (Å²) >= 11 is 0. The van der Waals surface area contributed by atoms with Crippen LogP contribution in [0.3, 0.4) is 0 Å². The zero-order valence-corrected chi connectivity index (χ0v) is 41.9. The highest BCUT2D eigenvalue weighted by Crippen LogP contribution is 2.48. The molecule has 0 saturated carbocycles.